The maximum atomic E-state index is 14.3. The first kappa shape index (κ1) is 18.4. The van der Waals surface area contributed by atoms with Gasteiger partial charge < -0.3 is 14.4 Å². The molecule has 0 atom stereocenters. The molecule has 0 unspecified atom stereocenters. The Kier molecular flexibility index (Phi) is 4.77. The van der Waals surface area contributed by atoms with Crippen molar-refractivity contribution in [2.45, 2.75) is 18.7 Å². The number of halogens is 5. The van der Waals surface area contributed by atoms with Crippen LogP contribution in [0.25, 0.3) is 0 Å². The molecule has 0 bridgehead atoms. The Labute approximate surface area is 136 Å². The Hall–Kier alpha value is -2.98. The molecule has 0 fully saturated rings. The van der Waals surface area contributed by atoms with Gasteiger partial charge in [-0.05, 0) is 24.3 Å². The van der Waals surface area contributed by atoms with Crippen molar-refractivity contribution in [1.29, 1.82) is 0 Å². The molecular formula is C14H9F5N2O4. The van der Waals surface area contributed by atoms with Gasteiger partial charge >= 0.3 is 18.3 Å². The number of nitrogens with zero attached hydrogens (tertiary/aromatic N) is 2. The van der Waals surface area contributed by atoms with Crippen molar-refractivity contribution in [2.24, 2.45) is 0 Å². The van der Waals surface area contributed by atoms with Crippen LogP contribution in [0.5, 0.6) is 5.75 Å². The van der Waals surface area contributed by atoms with Crippen LogP contribution in [0.4, 0.5) is 22.0 Å². The molecule has 1 heterocycles. The Bertz CT molecular complexity index is 783. The molecular weight excluding hydrogens is 355 g/mol. The molecule has 1 aromatic heterocycles. The van der Waals surface area contributed by atoms with E-state index in [-0.39, 0.29) is 11.5 Å². The van der Waals surface area contributed by atoms with Gasteiger partial charge in [-0.2, -0.15) is 13.8 Å². The smallest absolute Gasteiger partial charge is 0.478 e. The molecule has 2 aromatic rings. The number of ether oxygens (including phenoxy) is 1. The number of benzene rings is 1. The maximum Gasteiger partial charge on any atom is 0.573 e. The Morgan fingerprint density at radius 2 is 1.80 bits per heavy atom. The topological polar surface area (TPSA) is 85.5 Å². The minimum Gasteiger partial charge on any atom is -0.478 e. The SMILES string of the molecule is C=C(Cc1nc(C(F)(F)c2ccc(OC(F)(F)F)cc2)no1)C(=O)O. The molecule has 0 saturated carbocycles. The van der Waals surface area contributed by atoms with E-state index in [1.54, 1.807) is 0 Å². The van der Waals surface area contributed by atoms with Gasteiger partial charge in [0.05, 0.1) is 6.42 Å². The molecule has 6 nitrogen and oxygen atoms in total. The van der Waals surface area contributed by atoms with Crippen molar-refractivity contribution in [3.05, 3.63) is 53.7 Å². The summed E-state index contributed by atoms with van der Waals surface area (Å²) in [6.07, 6.45) is -5.38. The highest BCUT2D eigenvalue weighted by Crippen LogP contribution is 2.35. The van der Waals surface area contributed by atoms with Crippen molar-refractivity contribution >= 4 is 5.97 Å². The molecule has 0 aliphatic rings. The van der Waals surface area contributed by atoms with Crippen LogP contribution in [0.2, 0.25) is 0 Å². The second kappa shape index (κ2) is 6.49. The summed E-state index contributed by atoms with van der Waals surface area (Å²) in [5, 5.41) is 11.7. The van der Waals surface area contributed by atoms with Gasteiger partial charge in [0.2, 0.25) is 11.7 Å². The number of carboxylic acids is 1. The number of carbonyl (C=O) groups is 1. The number of aromatic nitrogens is 2. The number of alkyl halides is 5. The number of carboxylic acid groups (broad SMARTS) is 1. The average molecular weight is 364 g/mol. The van der Waals surface area contributed by atoms with Crippen LogP contribution < -0.4 is 4.74 Å². The standard InChI is InChI=1S/C14H9F5N2O4/c1-7(11(22)23)6-10-20-12(21-25-10)13(15,16)8-2-4-9(5-3-8)24-14(17,18)19/h2-5H,1,6H2,(H,22,23). The van der Waals surface area contributed by atoms with Gasteiger partial charge in [0.15, 0.2) is 0 Å². The second-order valence-electron chi connectivity index (χ2n) is 4.74. The van der Waals surface area contributed by atoms with Crippen LogP contribution >= 0.6 is 0 Å². The minimum absolute atomic E-state index is 0.341. The lowest BCUT2D eigenvalue weighted by molar-refractivity contribution is -0.274. The monoisotopic (exact) mass is 364 g/mol. The normalized spacial score (nSPS) is 12.0. The van der Waals surface area contributed by atoms with Gasteiger partial charge in [0.25, 0.3) is 0 Å². The fraction of sp³-hybridized carbons (Fsp3) is 0.214. The number of hydrogen-bond donors (Lipinski definition) is 1. The summed E-state index contributed by atoms with van der Waals surface area (Å²) in [5.41, 5.74) is -1.04. The summed E-state index contributed by atoms with van der Waals surface area (Å²) in [4.78, 5) is 14.0. The van der Waals surface area contributed by atoms with Gasteiger partial charge in [-0.3, -0.25) is 0 Å². The van der Waals surface area contributed by atoms with Crippen LogP contribution in [0.15, 0.2) is 40.9 Å². The highest BCUT2D eigenvalue weighted by molar-refractivity contribution is 5.86. The highest BCUT2D eigenvalue weighted by Gasteiger charge is 2.40. The zero-order chi connectivity index (χ0) is 18.8. The van der Waals surface area contributed by atoms with Gasteiger partial charge in [-0.1, -0.05) is 11.7 Å². The largest absolute Gasteiger partial charge is 0.573 e. The number of hydrogen-bond acceptors (Lipinski definition) is 5. The van der Waals surface area contributed by atoms with E-state index in [9.17, 15) is 26.7 Å². The molecule has 2 rings (SSSR count). The Balaban J connectivity index is 2.19. The van der Waals surface area contributed by atoms with Crippen LogP contribution in [0.3, 0.4) is 0 Å². The van der Waals surface area contributed by atoms with Crippen molar-refractivity contribution < 1.29 is 41.1 Å². The molecule has 1 aromatic carbocycles. The molecule has 0 amide bonds. The van der Waals surface area contributed by atoms with E-state index in [4.69, 9.17) is 5.11 Å². The summed E-state index contributed by atoms with van der Waals surface area (Å²) in [7, 11) is 0. The molecule has 0 saturated heterocycles. The van der Waals surface area contributed by atoms with Gasteiger partial charge in [0, 0.05) is 11.1 Å². The second-order valence-corrected chi connectivity index (χ2v) is 4.74. The van der Waals surface area contributed by atoms with E-state index in [0.29, 0.717) is 24.3 Å². The van der Waals surface area contributed by atoms with Gasteiger partial charge in [-0.15, -0.1) is 13.2 Å². The maximum absolute atomic E-state index is 14.3. The lowest BCUT2D eigenvalue weighted by Crippen LogP contribution is -2.19. The summed E-state index contributed by atoms with van der Waals surface area (Å²) in [5.74, 6) is -7.25. The molecule has 25 heavy (non-hydrogen) atoms. The first-order valence-corrected chi connectivity index (χ1v) is 6.47. The zero-order valence-corrected chi connectivity index (χ0v) is 12.2. The van der Waals surface area contributed by atoms with Crippen molar-refractivity contribution in [2.75, 3.05) is 0 Å². The predicted octanol–water partition coefficient (Wildman–Crippen LogP) is 3.29. The van der Waals surface area contributed by atoms with E-state index >= 15 is 0 Å². The van der Waals surface area contributed by atoms with Crippen molar-refractivity contribution in [3.63, 3.8) is 0 Å². The molecule has 0 radical (unpaired) electrons. The lowest BCUT2D eigenvalue weighted by Gasteiger charge is -2.13. The Morgan fingerprint density at radius 1 is 1.20 bits per heavy atom. The third-order valence-corrected chi connectivity index (χ3v) is 2.87. The van der Waals surface area contributed by atoms with Crippen LogP contribution in [-0.2, 0) is 17.1 Å². The Morgan fingerprint density at radius 3 is 2.32 bits per heavy atom. The van der Waals surface area contributed by atoms with E-state index in [0.717, 1.165) is 0 Å². The number of rotatable bonds is 6. The van der Waals surface area contributed by atoms with E-state index < -0.39 is 41.8 Å². The van der Waals surface area contributed by atoms with Crippen LogP contribution in [0, 0.1) is 0 Å². The first-order chi connectivity index (χ1) is 11.5. The van der Waals surface area contributed by atoms with Crippen LogP contribution in [-0.4, -0.2) is 27.6 Å². The molecule has 0 aliphatic heterocycles. The summed E-state index contributed by atoms with van der Waals surface area (Å²) in [6.45, 7) is 3.20. The van der Waals surface area contributed by atoms with Crippen molar-refractivity contribution in [3.8, 4) is 5.75 Å². The molecule has 1 N–H and O–H groups in total. The summed E-state index contributed by atoms with van der Waals surface area (Å²) in [6, 6.07) is 2.86. The zero-order valence-electron chi connectivity index (χ0n) is 12.2. The average Bonchev–Trinajstić information content (AvgIpc) is 2.95. The van der Waals surface area contributed by atoms with E-state index in [1.807, 2.05) is 0 Å². The lowest BCUT2D eigenvalue weighted by atomic mass is 10.1. The number of aliphatic carboxylic acids is 1. The molecule has 0 spiro atoms. The van der Waals surface area contributed by atoms with E-state index in [2.05, 4.69) is 26.0 Å². The van der Waals surface area contributed by atoms with Crippen LogP contribution in [0.1, 0.15) is 17.3 Å². The summed E-state index contributed by atoms with van der Waals surface area (Å²) < 4.78 is 72.8. The van der Waals surface area contributed by atoms with Crippen molar-refractivity contribution in [1.82, 2.24) is 10.1 Å². The predicted molar refractivity (Wildman–Crippen MR) is 70.9 cm³/mol. The van der Waals surface area contributed by atoms with Gasteiger partial charge in [-0.25, -0.2) is 4.79 Å². The third kappa shape index (κ3) is 4.52. The minimum atomic E-state index is -4.95. The molecule has 134 valence electrons. The fourth-order valence-corrected chi connectivity index (χ4v) is 1.71. The third-order valence-electron chi connectivity index (χ3n) is 2.87. The molecule has 0 aliphatic carbocycles. The summed E-state index contributed by atoms with van der Waals surface area (Å²) >= 11 is 0. The van der Waals surface area contributed by atoms with E-state index in [1.165, 1.54) is 0 Å². The fourth-order valence-electron chi connectivity index (χ4n) is 1.71. The van der Waals surface area contributed by atoms with Gasteiger partial charge in [0.1, 0.15) is 5.75 Å². The quantitative estimate of drug-likeness (QED) is 0.625. The highest BCUT2D eigenvalue weighted by atomic mass is 19.4. The molecule has 11 heteroatoms. The first-order valence-electron chi connectivity index (χ1n) is 6.47.